The zero-order valence-electron chi connectivity index (χ0n) is 12.5. The number of likely N-dealkylation sites (tertiary alicyclic amines) is 1. The maximum atomic E-state index is 5.18. The lowest BCUT2D eigenvalue weighted by molar-refractivity contribution is 0.121. The van der Waals surface area contributed by atoms with Crippen LogP contribution in [0, 0.1) is 5.92 Å². The molecule has 1 aliphatic heterocycles. The normalized spacial score (nSPS) is 28.3. The summed E-state index contributed by atoms with van der Waals surface area (Å²) in [6.45, 7) is 6.78. The minimum Gasteiger partial charge on any atom is -0.497 e. The Morgan fingerprint density at radius 1 is 1.26 bits per heavy atom. The summed E-state index contributed by atoms with van der Waals surface area (Å²) in [7, 11) is 3.93. The van der Waals surface area contributed by atoms with E-state index in [1.807, 2.05) is 12.1 Å². The SMILES string of the molecule is COc1ccc(CN[C@@H]2C[C@@H](C)N(C)C[C@@H]2C)cc1. The van der Waals surface area contributed by atoms with Crippen LogP contribution in [0.4, 0.5) is 0 Å². The van der Waals surface area contributed by atoms with Gasteiger partial charge in [-0.2, -0.15) is 0 Å². The van der Waals surface area contributed by atoms with E-state index in [0.29, 0.717) is 18.0 Å². The second-order valence-corrected chi connectivity index (χ2v) is 5.84. The van der Waals surface area contributed by atoms with Crippen LogP contribution in [0.15, 0.2) is 24.3 Å². The fraction of sp³-hybridized carbons (Fsp3) is 0.625. The van der Waals surface area contributed by atoms with Gasteiger partial charge in [0.15, 0.2) is 0 Å². The van der Waals surface area contributed by atoms with Crippen molar-refractivity contribution in [1.82, 2.24) is 10.2 Å². The molecule has 1 heterocycles. The molecule has 0 saturated carbocycles. The van der Waals surface area contributed by atoms with Gasteiger partial charge >= 0.3 is 0 Å². The quantitative estimate of drug-likeness (QED) is 0.902. The number of hydrogen-bond donors (Lipinski definition) is 1. The van der Waals surface area contributed by atoms with Crippen molar-refractivity contribution in [3.05, 3.63) is 29.8 Å². The number of ether oxygens (including phenoxy) is 1. The molecule has 0 radical (unpaired) electrons. The number of benzene rings is 1. The molecule has 2 rings (SSSR count). The predicted molar refractivity (Wildman–Crippen MR) is 79.5 cm³/mol. The Hall–Kier alpha value is -1.06. The van der Waals surface area contributed by atoms with Gasteiger partial charge in [0.25, 0.3) is 0 Å². The summed E-state index contributed by atoms with van der Waals surface area (Å²) >= 11 is 0. The third kappa shape index (κ3) is 3.71. The van der Waals surface area contributed by atoms with E-state index in [1.54, 1.807) is 7.11 Å². The molecule has 1 saturated heterocycles. The summed E-state index contributed by atoms with van der Waals surface area (Å²) in [5.41, 5.74) is 1.32. The van der Waals surface area contributed by atoms with E-state index in [9.17, 15) is 0 Å². The van der Waals surface area contributed by atoms with Crippen LogP contribution < -0.4 is 10.1 Å². The molecular weight excluding hydrogens is 236 g/mol. The molecule has 0 unspecified atom stereocenters. The fourth-order valence-electron chi connectivity index (χ4n) is 2.82. The molecule has 3 heteroatoms. The van der Waals surface area contributed by atoms with Gasteiger partial charge in [-0.25, -0.2) is 0 Å². The van der Waals surface area contributed by atoms with E-state index in [1.165, 1.54) is 18.5 Å². The van der Waals surface area contributed by atoms with Gasteiger partial charge in [0.2, 0.25) is 0 Å². The average molecular weight is 262 g/mol. The predicted octanol–water partition coefficient (Wildman–Crippen LogP) is 2.51. The van der Waals surface area contributed by atoms with Crippen LogP contribution in [0.1, 0.15) is 25.8 Å². The summed E-state index contributed by atoms with van der Waals surface area (Å²) in [6, 6.07) is 9.61. The van der Waals surface area contributed by atoms with Gasteiger partial charge in [-0.05, 0) is 44.0 Å². The van der Waals surface area contributed by atoms with Crippen molar-refractivity contribution in [2.75, 3.05) is 20.7 Å². The Kier molecular flexibility index (Phi) is 4.83. The van der Waals surface area contributed by atoms with Crippen molar-refractivity contribution in [2.24, 2.45) is 5.92 Å². The second-order valence-electron chi connectivity index (χ2n) is 5.84. The lowest BCUT2D eigenvalue weighted by atomic mass is 9.90. The molecule has 1 aliphatic rings. The molecule has 1 fully saturated rings. The Morgan fingerprint density at radius 3 is 2.58 bits per heavy atom. The Morgan fingerprint density at radius 2 is 1.95 bits per heavy atom. The molecule has 0 aliphatic carbocycles. The van der Waals surface area contributed by atoms with Crippen LogP contribution in [0.25, 0.3) is 0 Å². The highest BCUT2D eigenvalue weighted by Gasteiger charge is 2.28. The third-order valence-corrected chi connectivity index (χ3v) is 4.34. The van der Waals surface area contributed by atoms with E-state index in [0.717, 1.165) is 12.3 Å². The molecular formula is C16H26N2O. The van der Waals surface area contributed by atoms with Crippen LogP contribution in [0.5, 0.6) is 5.75 Å². The topological polar surface area (TPSA) is 24.5 Å². The molecule has 3 nitrogen and oxygen atoms in total. The molecule has 1 N–H and O–H groups in total. The Balaban J connectivity index is 1.87. The minimum absolute atomic E-state index is 0.619. The zero-order valence-corrected chi connectivity index (χ0v) is 12.5. The average Bonchev–Trinajstić information content (AvgIpc) is 2.42. The molecule has 0 amide bonds. The van der Waals surface area contributed by atoms with Crippen LogP contribution in [-0.2, 0) is 6.54 Å². The van der Waals surface area contributed by atoms with Crippen LogP contribution >= 0.6 is 0 Å². The molecule has 106 valence electrons. The molecule has 0 bridgehead atoms. The number of nitrogens with zero attached hydrogens (tertiary/aromatic N) is 1. The molecule has 1 aromatic carbocycles. The van der Waals surface area contributed by atoms with Crippen LogP contribution in [-0.4, -0.2) is 37.7 Å². The van der Waals surface area contributed by atoms with Crippen molar-refractivity contribution in [2.45, 2.75) is 38.9 Å². The number of methoxy groups -OCH3 is 1. The molecule has 19 heavy (non-hydrogen) atoms. The smallest absolute Gasteiger partial charge is 0.118 e. The molecule has 1 aromatic rings. The first-order chi connectivity index (χ1) is 9.10. The van der Waals surface area contributed by atoms with E-state index in [-0.39, 0.29) is 0 Å². The van der Waals surface area contributed by atoms with Gasteiger partial charge in [-0.15, -0.1) is 0 Å². The van der Waals surface area contributed by atoms with Crippen LogP contribution in [0.2, 0.25) is 0 Å². The third-order valence-electron chi connectivity index (χ3n) is 4.34. The van der Waals surface area contributed by atoms with Gasteiger partial charge in [-0.3, -0.25) is 0 Å². The van der Waals surface area contributed by atoms with Gasteiger partial charge < -0.3 is 15.0 Å². The first kappa shape index (κ1) is 14.4. The molecule has 0 spiro atoms. The lowest BCUT2D eigenvalue weighted by Gasteiger charge is -2.40. The minimum atomic E-state index is 0.619. The molecule has 3 atom stereocenters. The van der Waals surface area contributed by atoms with Gasteiger partial charge in [0.1, 0.15) is 5.75 Å². The second kappa shape index (κ2) is 6.40. The maximum absolute atomic E-state index is 5.18. The fourth-order valence-corrected chi connectivity index (χ4v) is 2.82. The van der Waals surface area contributed by atoms with E-state index in [4.69, 9.17) is 4.74 Å². The molecule has 0 aromatic heterocycles. The standard InChI is InChI=1S/C16H26N2O/c1-12-11-18(3)13(2)9-16(12)17-10-14-5-7-15(19-4)8-6-14/h5-8,12-13,16-17H,9-11H2,1-4H3/t12-,13+,16+/m0/s1. The van der Waals surface area contributed by atoms with Gasteiger partial charge in [-0.1, -0.05) is 19.1 Å². The van der Waals surface area contributed by atoms with E-state index >= 15 is 0 Å². The highest BCUT2D eigenvalue weighted by atomic mass is 16.5. The van der Waals surface area contributed by atoms with E-state index < -0.39 is 0 Å². The van der Waals surface area contributed by atoms with Gasteiger partial charge in [0.05, 0.1) is 7.11 Å². The van der Waals surface area contributed by atoms with Crippen LogP contribution in [0.3, 0.4) is 0 Å². The maximum Gasteiger partial charge on any atom is 0.118 e. The van der Waals surface area contributed by atoms with Crippen molar-refractivity contribution >= 4 is 0 Å². The summed E-state index contributed by atoms with van der Waals surface area (Å²) in [5.74, 6) is 1.63. The summed E-state index contributed by atoms with van der Waals surface area (Å²) in [4.78, 5) is 2.45. The Labute approximate surface area is 116 Å². The lowest BCUT2D eigenvalue weighted by Crippen LogP contribution is -2.50. The zero-order chi connectivity index (χ0) is 13.8. The summed E-state index contributed by atoms with van der Waals surface area (Å²) in [5, 5.41) is 3.71. The Bertz CT molecular complexity index is 390. The van der Waals surface area contributed by atoms with Crippen molar-refractivity contribution < 1.29 is 4.74 Å². The number of rotatable bonds is 4. The number of nitrogens with one attached hydrogen (secondary N) is 1. The summed E-state index contributed by atoms with van der Waals surface area (Å²) < 4.78 is 5.18. The highest BCUT2D eigenvalue weighted by Crippen LogP contribution is 2.21. The highest BCUT2D eigenvalue weighted by molar-refractivity contribution is 5.27. The number of piperidine rings is 1. The van der Waals surface area contributed by atoms with Crippen molar-refractivity contribution in [3.63, 3.8) is 0 Å². The first-order valence-electron chi connectivity index (χ1n) is 7.16. The summed E-state index contributed by atoms with van der Waals surface area (Å²) in [6.07, 6.45) is 1.23. The largest absolute Gasteiger partial charge is 0.497 e. The van der Waals surface area contributed by atoms with Crippen molar-refractivity contribution in [3.8, 4) is 5.75 Å². The first-order valence-corrected chi connectivity index (χ1v) is 7.16. The van der Waals surface area contributed by atoms with Crippen molar-refractivity contribution in [1.29, 1.82) is 0 Å². The van der Waals surface area contributed by atoms with E-state index in [2.05, 4.69) is 43.2 Å². The van der Waals surface area contributed by atoms with Gasteiger partial charge in [0, 0.05) is 25.2 Å². The monoisotopic (exact) mass is 262 g/mol. The number of hydrogen-bond acceptors (Lipinski definition) is 3.